The van der Waals surface area contributed by atoms with E-state index in [1.165, 1.54) is 36.4 Å². The number of benzene rings is 3. The molecular formula is C26H15Cl2F3O5. The van der Waals surface area contributed by atoms with Gasteiger partial charge in [0.15, 0.2) is 0 Å². The summed E-state index contributed by atoms with van der Waals surface area (Å²) in [6, 6.07) is 14.4. The van der Waals surface area contributed by atoms with Crippen LogP contribution in [0.15, 0.2) is 76.0 Å². The predicted octanol–water partition coefficient (Wildman–Crippen LogP) is 7.84. The summed E-state index contributed by atoms with van der Waals surface area (Å²) in [5.74, 6) is -3.50. The number of halogens is 5. The van der Waals surface area contributed by atoms with Crippen LogP contribution in [0, 0.1) is 6.92 Å². The summed E-state index contributed by atoms with van der Waals surface area (Å²) in [6.07, 6.45) is -2.51. The Balaban J connectivity index is 1.65. The van der Waals surface area contributed by atoms with Crippen molar-refractivity contribution >= 4 is 46.2 Å². The Bertz CT molecular complexity index is 1560. The maximum absolute atomic E-state index is 13.7. The molecule has 0 unspecified atom stereocenters. The second kappa shape index (κ2) is 10.1. The van der Waals surface area contributed by atoms with Gasteiger partial charge < -0.3 is 13.9 Å². The van der Waals surface area contributed by atoms with E-state index in [2.05, 4.69) is 0 Å². The zero-order chi connectivity index (χ0) is 26.0. The number of carbonyl (C=O) groups is 1. The van der Waals surface area contributed by atoms with Gasteiger partial charge in [0.2, 0.25) is 11.2 Å². The smallest absolute Gasteiger partial charge is 0.449 e. The van der Waals surface area contributed by atoms with Gasteiger partial charge in [0.05, 0.1) is 15.4 Å². The molecule has 0 saturated carbocycles. The van der Waals surface area contributed by atoms with Crippen LogP contribution < -0.4 is 14.9 Å². The van der Waals surface area contributed by atoms with Crippen molar-refractivity contribution in [3.8, 4) is 17.2 Å². The number of esters is 1. The quantitative estimate of drug-likeness (QED) is 0.148. The first-order valence-electron chi connectivity index (χ1n) is 10.3. The standard InChI is InChI=1S/C26H15Cl2F3O5/c1-14-3-2-4-16(11-14)35-24-23(33)18-8-7-17(13-21(18)36-25(24)26(29,30)31)34-22(32)10-6-15-5-9-19(27)20(28)12-15/h2-13H,1H3. The fraction of sp³-hybridized carbons (Fsp3) is 0.0769. The molecule has 4 rings (SSSR count). The average Bonchev–Trinajstić information content (AvgIpc) is 2.81. The molecule has 0 bridgehead atoms. The molecule has 5 nitrogen and oxygen atoms in total. The number of aryl methyl sites for hydroxylation is 1. The van der Waals surface area contributed by atoms with Crippen LogP contribution in [0.25, 0.3) is 17.0 Å². The van der Waals surface area contributed by atoms with Gasteiger partial charge >= 0.3 is 12.1 Å². The second-order valence-electron chi connectivity index (χ2n) is 7.59. The molecule has 0 saturated heterocycles. The van der Waals surface area contributed by atoms with Crippen molar-refractivity contribution in [2.24, 2.45) is 0 Å². The number of fused-ring (bicyclic) bond motifs is 1. The summed E-state index contributed by atoms with van der Waals surface area (Å²) in [5, 5.41) is 0.458. The molecule has 0 spiro atoms. The first-order valence-corrected chi connectivity index (χ1v) is 11.0. The zero-order valence-corrected chi connectivity index (χ0v) is 19.9. The largest absolute Gasteiger partial charge is 0.453 e. The van der Waals surface area contributed by atoms with E-state index in [1.54, 1.807) is 31.2 Å². The van der Waals surface area contributed by atoms with E-state index in [-0.39, 0.29) is 16.9 Å². The lowest BCUT2D eigenvalue weighted by molar-refractivity contribution is -0.154. The van der Waals surface area contributed by atoms with Crippen LogP contribution >= 0.6 is 23.2 Å². The minimum atomic E-state index is -5.03. The molecule has 3 aromatic carbocycles. The fourth-order valence-corrected chi connectivity index (χ4v) is 3.53. The van der Waals surface area contributed by atoms with Gasteiger partial charge in [-0.2, -0.15) is 13.2 Å². The molecule has 1 aromatic heterocycles. The Kier molecular flexibility index (Phi) is 7.10. The summed E-state index contributed by atoms with van der Waals surface area (Å²) in [4.78, 5) is 25.1. The Morgan fingerprint density at radius 1 is 0.972 bits per heavy atom. The Morgan fingerprint density at radius 3 is 2.44 bits per heavy atom. The van der Waals surface area contributed by atoms with Crippen molar-refractivity contribution < 1.29 is 31.9 Å². The molecule has 184 valence electrons. The van der Waals surface area contributed by atoms with Crippen molar-refractivity contribution in [2.45, 2.75) is 13.1 Å². The molecule has 0 fully saturated rings. The molecule has 0 atom stereocenters. The molecule has 0 N–H and O–H groups in total. The maximum atomic E-state index is 13.7. The van der Waals surface area contributed by atoms with Gasteiger partial charge in [-0.15, -0.1) is 0 Å². The van der Waals surface area contributed by atoms with Gasteiger partial charge in [-0.25, -0.2) is 4.79 Å². The van der Waals surface area contributed by atoms with Crippen molar-refractivity contribution in [1.82, 2.24) is 0 Å². The van der Waals surface area contributed by atoms with Gasteiger partial charge in [0, 0.05) is 12.1 Å². The fourth-order valence-electron chi connectivity index (χ4n) is 3.23. The number of alkyl halides is 3. The molecule has 10 heteroatoms. The van der Waals surface area contributed by atoms with Crippen LogP contribution in [0.4, 0.5) is 13.2 Å². The van der Waals surface area contributed by atoms with Crippen LogP contribution in [0.2, 0.25) is 10.0 Å². The topological polar surface area (TPSA) is 65.7 Å². The molecular weight excluding hydrogens is 520 g/mol. The van der Waals surface area contributed by atoms with E-state index < -0.39 is 34.7 Å². The predicted molar refractivity (Wildman–Crippen MR) is 130 cm³/mol. The number of hydrogen-bond acceptors (Lipinski definition) is 5. The Hall–Kier alpha value is -3.75. The van der Waals surface area contributed by atoms with Crippen LogP contribution in [-0.2, 0) is 11.0 Å². The zero-order valence-electron chi connectivity index (χ0n) is 18.4. The van der Waals surface area contributed by atoms with Crippen LogP contribution in [0.5, 0.6) is 17.2 Å². The van der Waals surface area contributed by atoms with Crippen molar-refractivity contribution in [1.29, 1.82) is 0 Å². The lowest BCUT2D eigenvalue weighted by Gasteiger charge is -2.13. The number of ether oxygens (including phenoxy) is 2. The summed E-state index contributed by atoms with van der Waals surface area (Å²) in [7, 11) is 0. The minimum Gasteiger partial charge on any atom is -0.449 e. The van der Waals surface area contributed by atoms with E-state index in [9.17, 15) is 22.8 Å². The second-order valence-corrected chi connectivity index (χ2v) is 8.41. The van der Waals surface area contributed by atoms with E-state index in [0.717, 1.165) is 17.7 Å². The van der Waals surface area contributed by atoms with E-state index in [0.29, 0.717) is 15.6 Å². The SMILES string of the molecule is Cc1cccc(Oc2c(C(F)(F)F)oc3cc(OC(=O)C=Cc4ccc(Cl)c(Cl)c4)ccc3c2=O)c1. The van der Waals surface area contributed by atoms with Crippen LogP contribution in [-0.4, -0.2) is 5.97 Å². The lowest BCUT2D eigenvalue weighted by Crippen LogP contribution is -2.15. The molecule has 36 heavy (non-hydrogen) atoms. The highest BCUT2D eigenvalue weighted by Gasteiger charge is 2.40. The average molecular weight is 535 g/mol. The van der Waals surface area contributed by atoms with Gasteiger partial charge in [-0.1, -0.05) is 41.4 Å². The third-order valence-electron chi connectivity index (χ3n) is 4.86. The minimum absolute atomic E-state index is 0.0477. The molecule has 1 heterocycles. The summed E-state index contributed by atoms with van der Waals surface area (Å²) < 4.78 is 56.7. The molecule has 4 aromatic rings. The third kappa shape index (κ3) is 5.72. The third-order valence-corrected chi connectivity index (χ3v) is 5.60. The van der Waals surface area contributed by atoms with Gasteiger partial charge in [-0.05, 0) is 60.5 Å². The highest BCUT2D eigenvalue weighted by molar-refractivity contribution is 6.42. The first-order chi connectivity index (χ1) is 17.0. The Labute approximate surface area is 212 Å². The highest BCUT2D eigenvalue weighted by atomic mass is 35.5. The van der Waals surface area contributed by atoms with Crippen molar-refractivity contribution in [2.75, 3.05) is 0 Å². The maximum Gasteiger partial charge on any atom is 0.453 e. The van der Waals surface area contributed by atoms with Crippen LogP contribution in [0.3, 0.4) is 0 Å². The normalized spacial score (nSPS) is 11.7. The van der Waals surface area contributed by atoms with E-state index in [4.69, 9.17) is 37.1 Å². The molecule has 0 radical (unpaired) electrons. The summed E-state index contributed by atoms with van der Waals surface area (Å²) in [6.45, 7) is 1.73. The van der Waals surface area contributed by atoms with Crippen molar-refractivity contribution in [3.05, 3.63) is 104 Å². The number of rotatable bonds is 5. The van der Waals surface area contributed by atoms with E-state index >= 15 is 0 Å². The molecule has 0 amide bonds. The first kappa shape index (κ1) is 25.3. The molecule has 0 aliphatic rings. The van der Waals surface area contributed by atoms with Gasteiger partial charge in [0.1, 0.15) is 17.1 Å². The summed E-state index contributed by atoms with van der Waals surface area (Å²) in [5.41, 5.74) is -0.155. The van der Waals surface area contributed by atoms with E-state index in [1.807, 2.05) is 0 Å². The molecule has 0 aliphatic carbocycles. The number of hydrogen-bond donors (Lipinski definition) is 0. The molecule has 0 aliphatic heterocycles. The highest BCUT2D eigenvalue weighted by Crippen LogP contribution is 2.38. The van der Waals surface area contributed by atoms with Gasteiger partial charge in [0.25, 0.3) is 5.76 Å². The van der Waals surface area contributed by atoms with Crippen LogP contribution in [0.1, 0.15) is 16.9 Å². The lowest BCUT2D eigenvalue weighted by atomic mass is 10.2. The van der Waals surface area contributed by atoms with Crippen molar-refractivity contribution in [3.63, 3.8) is 0 Å². The monoisotopic (exact) mass is 534 g/mol. The Morgan fingerprint density at radius 2 is 1.75 bits per heavy atom. The summed E-state index contributed by atoms with van der Waals surface area (Å²) >= 11 is 11.8. The van der Waals surface area contributed by atoms with Gasteiger partial charge in [-0.3, -0.25) is 4.79 Å². The number of carbonyl (C=O) groups excluding carboxylic acids is 1.